The molecule has 0 bridgehead atoms. The quantitative estimate of drug-likeness (QED) is 0.618. The first-order valence-corrected chi connectivity index (χ1v) is 6.85. The zero-order valence-corrected chi connectivity index (χ0v) is 10.8. The number of carbonyl (C=O) groups excluding carboxylic acids is 2. The molecule has 0 radical (unpaired) electrons. The lowest BCUT2D eigenvalue weighted by Gasteiger charge is -2.40. The van der Waals surface area contributed by atoms with Crippen LogP contribution in [0.1, 0.15) is 37.3 Å². The molecule has 3 heteroatoms. The fraction of sp³-hybridized carbons (Fsp3) is 0.438. The highest BCUT2D eigenvalue weighted by atomic mass is 16.1. The van der Waals surface area contributed by atoms with Crippen molar-refractivity contribution in [2.75, 3.05) is 6.54 Å². The van der Waals surface area contributed by atoms with Crippen molar-refractivity contribution < 1.29 is 9.59 Å². The third kappa shape index (κ3) is 1.86. The predicted octanol–water partition coefficient (Wildman–Crippen LogP) is 2.22. The molecular weight excluding hydrogens is 238 g/mol. The second-order valence-electron chi connectivity index (χ2n) is 5.47. The van der Waals surface area contributed by atoms with Gasteiger partial charge in [-0.2, -0.15) is 0 Å². The number of hydrogen-bond acceptors (Lipinski definition) is 3. The third-order valence-corrected chi connectivity index (χ3v) is 4.50. The zero-order valence-electron chi connectivity index (χ0n) is 10.8. The van der Waals surface area contributed by atoms with Gasteiger partial charge in [0.05, 0.1) is 11.0 Å². The van der Waals surface area contributed by atoms with Gasteiger partial charge in [0, 0.05) is 6.04 Å². The van der Waals surface area contributed by atoms with E-state index in [-0.39, 0.29) is 11.8 Å². The summed E-state index contributed by atoms with van der Waals surface area (Å²) in [7, 11) is 0. The monoisotopic (exact) mass is 255 g/mol. The number of carbonyl (C=O) groups is 1. The highest BCUT2D eigenvalue weighted by molar-refractivity contribution is 6.08. The number of piperidine rings is 1. The van der Waals surface area contributed by atoms with Crippen LogP contribution in [0.25, 0.3) is 0 Å². The maximum Gasteiger partial charge on any atom is 0.177 e. The summed E-state index contributed by atoms with van der Waals surface area (Å²) in [5.74, 6) is 1.86. The molecule has 2 aliphatic rings. The van der Waals surface area contributed by atoms with E-state index in [4.69, 9.17) is 0 Å². The van der Waals surface area contributed by atoms with Gasteiger partial charge in [0.2, 0.25) is 0 Å². The van der Waals surface area contributed by atoms with E-state index in [2.05, 4.69) is 17.4 Å². The average molecular weight is 255 g/mol. The molecule has 19 heavy (non-hydrogen) atoms. The van der Waals surface area contributed by atoms with E-state index >= 15 is 0 Å². The van der Waals surface area contributed by atoms with E-state index in [9.17, 15) is 9.59 Å². The Morgan fingerprint density at radius 1 is 1.21 bits per heavy atom. The van der Waals surface area contributed by atoms with Gasteiger partial charge in [-0.3, -0.25) is 4.79 Å². The second-order valence-corrected chi connectivity index (χ2v) is 5.47. The first-order valence-electron chi connectivity index (χ1n) is 6.85. The highest BCUT2D eigenvalue weighted by Gasteiger charge is 2.52. The van der Waals surface area contributed by atoms with Gasteiger partial charge in [0.25, 0.3) is 0 Å². The highest BCUT2D eigenvalue weighted by Crippen LogP contribution is 2.51. The van der Waals surface area contributed by atoms with E-state index < -0.39 is 5.41 Å². The van der Waals surface area contributed by atoms with Crippen molar-refractivity contribution in [1.29, 1.82) is 0 Å². The Hall–Kier alpha value is -1.70. The van der Waals surface area contributed by atoms with Crippen LogP contribution in [-0.4, -0.2) is 18.3 Å². The van der Waals surface area contributed by atoms with Crippen LogP contribution in [0.2, 0.25) is 0 Å². The minimum atomic E-state index is -0.424. The lowest BCUT2D eigenvalue weighted by molar-refractivity contribution is -0.126. The molecule has 1 N–H and O–H groups in total. The molecule has 1 aromatic carbocycles. The topological polar surface area (TPSA) is 46.2 Å². The Bertz CT molecular complexity index is 545. The number of ketones is 1. The van der Waals surface area contributed by atoms with Crippen molar-refractivity contribution in [1.82, 2.24) is 5.32 Å². The fourth-order valence-electron chi connectivity index (χ4n) is 3.56. The molecule has 2 unspecified atom stereocenters. The molecule has 0 aromatic heterocycles. The molecule has 98 valence electrons. The molecule has 3 rings (SSSR count). The molecule has 1 saturated carbocycles. The predicted molar refractivity (Wildman–Crippen MR) is 72.3 cm³/mol. The Labute approximate surface area is 112 Å². The molecule has 1 aliphatic carbocycles. The fourth-order valence-corrected chi connectivity index (χ4v) is 3.56. The molecule has 2 atom stereocenters. The van der Waals surface area contributed by atoms with Gasteiger partial charge in [-0.05, 0) is 37.8 Å². The molecule has 1 aliphatic heterocycles. The smallest absolute Gasteiger partial charge is 0.177 e. The van der Waals surface area contributed by atoms with Gasteiger partial charge in [0.1, 0.15) is 5.94 Å². The summed E-state index contributed by atoms with van der Waals surface area (Å²) in [4.78, 5) is 23.4. The summed E-state index contributed by atoms with van der Waals surface area (Å²) in [5, 5.41) is 3.48. The molecule has 1 saturated heterocycles. The van der Waals surface area contributed by atoms with E-state index in [0.29, 0.717) is 12.0 Å². The van der Waals surface area contributed by atoms with Crippen LogP contribution in [0.3, 0.4) is 0 Å². The van der Waals surface area contributed by atoms with E-state index in [1.807, 2.05) is 24.1 Å². The van der Waals surface area contributed by atoms with E-state index in [1.165, 1.54) is 0 Å². The summed E-state index contributed by atoms with van der Waals surface area (Å²) in [5.41, 5.74) is 1.07. The minimum Gasteiger partial charge on any atom is -0.309 e. The maximum absolute atomic E-state index is 12.6. The first-order chi connectivity index (χ1) is 9.28. The first kappa shape index (κ1) is 12.3. The minimum absolute atomic E-state index is 0.0172. The molecule has 1 heterocycles. The zero-order chi connectivity index (χ0) is 13.3. The molecule has 2 fully saturated rings. The number of benzene rings is 1. The van der Waals surface area contributed by atoms with Crippen molar-refractivity contribution in [2.45, 2.75) is 31.7 Å². The number of rotatable bonds is 1. The number of hydrogen-bond donors (Lipinski definition) is 1. The van der Waals surface area contributed by atoms with Crippen LogP contribution in [-0.2, 0) is 9.59 Å². The lowest BCUT2D eigenvalue weighted by Crippen LogP contribution is -2.46. The molecule has 1 spiro atoms. The maximum atomic E-state index is 12.6. The number of allylic oxidation sites excluding steroid dienone is 1. The largest absolute Gasteiger partial charge is 0.309 e. The van der Waals surface area contributed by atoms with E-state index in [0.717, 1.165) is 31.4 Å². The Morgan fingerprint density at radius 2 is 2.00 bits per heavy atom. The Balaban J connectivity index is 2.03. The van der Waals surface area contributed by atoms with Crippen LogP contribution in [0, 0.1) is 5.41 Å². The summed E-state index contributed by atoms with van der Waals surface area (Å²) in [6.45, 7) is 0.925. The lowest BCUT2D eigenvalue weighted by atomic mass is 9.69. The second kappa shape index (κ2) is 4.76. The van der Waals surface area contributed by atoms with Crippen molar-refractivity contribution in [3.05, 3.63) is 41.5 Å². The van der Waals surface area contributed by atoms with Crippen molar-refractivity contribution in [2.24, 2.45) is 5.41 Å². The van der Waals surface area contributed by atoms with Crippen LogP contribution in [0.15, 0.2) is 35.9 Å². The van der Waals surface area contributed by atoms with Gasteiger partial charge >= 0.3 is 0 Å². The summed E-state index contributed by atoms with van der Waals surface area (Å²) in [6.07, 6.45) is 3.20. The molecular formula is C16H17NO2. The van der Waals surface area contributed by atoms with Crippen LogP contribution in [0.4, 0.5) is 0 Å². The van der Waals surface area contributed by atoms with Crippen molar-refractivity contribution in [3.8, 4) is 0 Å². The molecule has 1 aromatic rings. The number of Topliss-reactive ketones (excluding diaryl/α,β-unsaturated/α-hetero) is 1. The van der Waals surface area contributed by atoms with Crippen LogP contribution >= 0.6 is 0 Å². The van der Waals surface area contributed by atoms with Crippen LogP contribution < -0.4 is 5.32 Å². The third-order valence-electron chi connectivity index (χ3n) is 4.50. The van der Waals surface area contributed by atoms with Gasteiger partial charge in [-0.25, -0.2) is 4.79 Å². The van der Waals surface area contributed by atoms with Gasteiger partial charge in [-0.15, -0.1) is 0 Å². The summed E-state index contributed by atoms with van der Waals surface area (Å²) >= 11 is 0. The number of nitrogens with one attached hydrogen (secondary N) is 1. The molecule has 3 nitrogen and oxygen atoms in total. The Morgan fingerprint density at radius 3 is 2.68 bits per heavy atom. The SMILES string of the molecule is O=C=C1CCC2(CCCNC2c2ccccc2)C1=O. The van der Waals surface area contributed by atoms with Gasteiger partial charge in [-0.1, -0.05) is 30.3 Å². The van der Waals surface area contributed by atoms with E-state index in [1.54, 1.807) is 0 Å². The Kier molecular flexibility index (Phi) is 3.09. The van der Waals surface area contributed by atoms with Crippen LogP contribution in [0.5, 0.6) is 0 Å². The van der Waals surface area contributed by atoms with Gasteiger partial charge in [0.15, 0.2) is 5.78 Å². The summed E-state index contributed by atoms with van der Waals surface area (Å²) < 4.78 is 0. The average Bonchev–Trinajstić information content (AvgIpc) is 2.78. The van der Waals surface area contributed by atoms with Gasteiger partial charge < -0.3 is 5.32 Å². The van der Waals surface area contributed by atoms with Crippen molar-refractivity contribution >= 4 is 11.7 Å². The molecule has 0 amide bonds. The standard InChI is InChI=1S/C16H17NO2/c18-11-13-7-9-16(15(13)19)8-4-10-17-14(16)12-5-2-1-3-6-12/h1-3,5-6,14,17H,4,7-10H2. The summed E-state index contributed by atoms with van der Waals surface area (Å²) in [6, 6.07) is 10.1. The normalized spacial score (nSPS) is 30.6. The van der Waals surface area contributed by atoms with Crippen molar-refractivity contribution in [3.63, 3.8) is 0 Å².